The van der Waals surface area contributed by atoms with Gasteiger partial charge in [0.1, 0.15) is 0 Å². The van der Waals surface area contributed by atoms with Crippen molar-refractivity contribution in [3.05, 3.63) is 0 Å². The van der Waals surface area contributed by atoms with Crippen molar-refractivity contribution in [1.29, 1.82) is 0 Å². The smallest absolute Gasteiger partial charge is 0.181 e. The Hall–Kier alpha value is -0.120. The lowest BCUT2D eigenvalue weighted by Crippen LogP contribution is -2.13. The van der Waals surface area contributed by atoms with Gasteiger partial charge in [0, 0.05) is 0 Å². The second kappa shape index (κ2) is 2.64. The lowest BCUT2D eigenvalue weighted by atomic mass is 10.3. The van der Waals surface area contributed by atoms with Crippen molar-refractivity contribution < 1.29 is 14.6 Å². The first-order valence-corrected chi connectivity index (χ1v) is 3.16. The largest absolute Gasteiger partial charge is 0.391 e. The number of aliphatic hydroxyl groups is 1. The van der Waals surface area contributed by atoms with E-state index in [1.807, 2.05) is 13.8 Å². The fourth-order valence-electron chi connectivity index (χ4n) is 0.818. The minimum absolute atomic E-state index is 0.0469. The topological polar surface area (TPSA) is 38.7 Å². The maximum atomic E-state index is 8.55. The van der Waals surface area contributed by atoms with Crippen LogP contribution >= 0.6 is 0 Å². The third-order valence-electron chi connectivity index (χ3n) is 1.54. The molecule has 2 atom stereocenters. The molecule has 3 nitrogen and oxygen atoms in total. The Kier molecular flexibility index (Phi) is 2.05. The molecule has 1 saturated heterocycles. The molecule has 1 aliphatic rings. The highest BCUT2D eigenvalue weighted by Crippen LogP contribution is 2.16. The summed E-state index contributed by atoms with van der Waals surface area (Å²) in [6.07, 6.45) is -0.167. The third kappa shape index (κ3) is 1.41. The Morgan fingerprint density at radius 1 is 1.22 bits per heavy atom. The van der Waals surface area contributed by atoms with E-state index >= 15 is 0 Å². The molecule has 1 aliphatic heterocycles. The molecule has 1 N–H and O–H groups in total. The first-order valence-electron chi connectivity index (χ1n) is 3.16. The van der Waals surface area contributed by atoms with E-state index in [-0.39, 0.29) is 18.8 Å². The minimum Gasteiger partial charge on any atom is -0.391 e. The van der Waals surface area contributed by atoms with Crippen LogP contribution in [0.5, 0.6) is 0 Å². The molecular formula is C6H12O3. The molecule has 0 aliphatic carbocycles. The molecular weight excluding hydrogens is 120 g/mol. The van der Waals surface area contributed by atoms with Crippen molar-refractivity contribution >= 4 is 0 Å². The molecule has 0 unspecified atom stereocenters. The molecule has 0 amide bonds. The molecule has 0 aromatic rings. The van der Waals surface area contributed by atoms with Gasteiger partial charge in [-0.25, -0.2) is 0 Å². The predicted molar refractivity (Wildman–Crippen MR) is 32.0 cm³/mol. The van der Waals surface area contributed by atoms with Gasteiger partial charge in [0.05, 0.1) is 18.8 Å². The van der Waals surface area contributed by atoms with Crippen molar-refractivity contribution in [3.8, 4) is 0 Å². The quantitative estimate of drug-likeness (QED) is 0.551. The van der Waals surface area contributed by atoms with Crippen LogP contribution in [0, 0.1) is 0 Å². The minimum atomic E-state index is -0.394. The average Bonchev–Trinajstić information content (AvgIpc) is 2.13. The molecule has 1 heterocycles. The van der Waals surface area contributed by atoms with Gasteiger partial charge in [0.2, 0.25) is 0 Å². The van der Waals surface area contributed by atoms with Crippen LogP contribution in [0.15, 0.2) is 0 Å². The second-order valence-corrected chi connectivity index (χ2v) is 2.29. The summed E-state index contributed by atoms with van der Waals surface area (Å²) in [6, 6.07) is 0. The van der Waals surface area contributed by atoms with Crippen LogP contribution < -0.4 is 0 Å². The van der Waals surface area contributed by atoms with Crippen LogP contribution in [0.2, 0.25) is 0 Å². The van der Waals surface area contributed by atoms with E-state index < -0.39 is 6.29 Å². The SMILES string of the molecule is C[C@@H]1OC(CO)O[C@H]1C. The van der Waals surface area contributed by atoms with Crippen molar-refractivity contribution in [1.82, 2.24) is 0 Å². The fourth-order valence-corrected chi connectivity index (χ4v) is 0.818. The van der Waals surface area contributed by atoms with Crippen molar-refractivity contribution in [2.24, 2.45) is 0 Å². The van der Waals surface area contributed by atoms with Crippen LogP contribution in [0.4, 0.5) is 0 Å². The van der Waals surface area contributed by atoms with Crippen LogP contribution in [-0.4, -0.2) is 30.2 Å². The summed E-state index contributed by atoms with van der Waals surface area (Å²) in [5.74, 6) is 0. The van der Waals surface area contributed by atoms with Gasteiger partial charge in [-0.1, -0.05) is 0 Å². The summed E-state index contributed by atoms with van der Waals surface area (Å²) < 4.78 is 10.3. The molecule has 0 saturated carbocycles. The van der Waals surface area contributed by atoms with Crippen molar-refractivity contribution in [2.45, 2.75) is 32.3 Å². The van der Waals surface area contributed by atoms with Crippen molar-refractivity contribution in [3.63, 3.8) is 0 Å². The van der Waals surface area contributed by atoms with Gasteiger partial charge >= 0.3 is 0 Å². The zero-order valence-electron chi connectivity index (χ0n) is 5.70. The molecule has 0 spiro atoms. The van der Waals surface area contributed by atoms with E-state index in [9.17, 15) is 0 Å². The van der Waals surface area contributed by atoms with Crippen LogP contribution in [-0.2, 0) is 9.47 Å². The summed E-state index contributed by atoms with van der Waals surface area (Å²) in [5.41, 5.74) is 0. The fraction of sp³-hybridized carbons (Fsp3) is 1.00. The van der Waals surface area contributed by atoms with Gasteiger partial charge < -0.3 is 14.6 Å². The Balaban J connectivity index is 2.35. The molecule has 0 radical (unpaired) electrons. The number of hydrogen-bond donors (Lipinski definition) is 1. The summed E-state index contributed by atoms with van der Waals surface area (Å²) in [5, 5.41) is 8.55. The molecule has 54 valence electrons. The Labute approximate surface area is 54.6 Å². The summed E-state index contributed by atoms with van der Waals surface area (Å²) in [4.78, 5) is 0. The highest BCUT2D eigenvalue weighted by atomic mass is 16.7. The molecule has 0 bridgehead atoms. The molecule has 0 aromatic heterocycles. The summed E-state index contributed by atoms with van der Waals surface area (Å²) >= 11 is 0. The number of rotatable bonds is 1. The molecule has 1 fully saturated rings. The summed E-state index contributed by atoms with van der Waals surface area (Å²) in [6.45, 7) is 3.81. The number of aliphatic hydroxyl groups excluding tert-OH is 1. The van der Waals surface area contributed by atoms with E-state index in [4.69, 9.17) is 14.6 Å². The highest BCUT2D eigenvalue weighted by molar-refractivity contribution is 4.68. The van der Waals surface area contributed by atoms with Gasteiger partial charge in [-0.05, 0) is 13.8 Å². The number of ether oxygens (including phenoxy) is 2. The monoisotopic (exact) mass is 132 g/mol. The normalized spacial score (nSPS) is 37.7. The molecule has 9 heavy (non-hydrogen) atoms. The van der Waals surface area contributed by atoms with Gasteiger partial charge in [0.15, 0.2) is 6.29 Å². The first kappa shape index (κ1) is 6.99. The van der Waals surface area contributed by atoms with E-state index in [0.717, 1.165) is 0 Å². The zero-order chi connectivity index (χ0) is 6.85. The molecule has 1 rings (SSSR count). The highest BCUT2D eigenvalue weighted by Gasteiger charge is 2.28. The van der Waals surface area contributed by atoms with E-state index in [2.05, 4.69) is 0 Å². The predicted octanol–water partition coefficient (Wildman–Crippen LogP) is 0.129. The van der Waals surface area contributed by atoms with Crippen LogP contribution in [0.1, 0.15) is 13.8 Å². The van der Waals surface area contributed by atoms with Crippen LogP contribution in [0.25, 0.3) is 0 Å². The average molecular weight is 132 g/mol. The van der Waals surface area contributed by atoms with E-state index in [0.29, 0.717) is 0 Å². The summed E-state index contributed by atoms with van der Waals surface area (Å²) in [7, 11) is 0. The van der Waals surface area contributed by atoms with Gasteiger partial charge in [0.25, 0.3) is 0 Å². The van der Waals surface area contributed by atoms with E-state index in [1.165, 1.54) is 0 Å². The first-order chi connectivity index (χ1) is 4.24. The zero-order valence-corrected chi connectivity index (χ0v) is 5.70. The Morgan fingerprint density at radius 3 is 1.89 bits per heavy atom. The molecule has 0 aromatic carbocycles. The molecule has 3 heteroatoms. The lowest BCUT2D eigenvalue weighted by Gasteiger charge is -2.02. The maximum Gasteiger partial charge on any atom is 0.181 e. The van der Waals surface area contributed by atoms with Crippen LogP contribution in [0.3, 0.4) is 0 Å². The maximum absolute atomic E-state index is 8.55. The Bertz CT molecular complexity index is 84.3. The van der Waals surface area contributed by atoms with Gasteiger partial charge in [-0.15, -0.1) is 0 Å². The standard InChI is InChI=1S/C6H12O3/c1-4-5(2)9-6(3-7)8-4/h4-7H,3H2,1-2H3/t4-,5-/m0/s1. The number of hydrogen-bond acceptors (Lipinski definition) is 3. The van der Waals surface area contributed by atoms with Gasteiger partial charge in [-0.3, -0.25) is 0 Å². The Morgan fingerprint density at radius 2 is 1.67 bits per heavy atom. The second-order valence-electron chi connectivity index (χ2n) is 2.29. The van der Waals surface area contributed by atoms with E-state index in [1.54, 1.807) is 0 Å². The van der Waals surface area contributed by atoms with Gasteiger partial charge in [-0.2, -0.15) is 0 Å². The third-order valence-corrected chi connectivity index (χ3v) is 1.54. The lowest BCUT2D eigenvalue weighted by molar-refractivity contribution is -0.0921. The van der Waals surface area contributed by atoms with Crippen molar-refractivity contribution in [2.75, 3.05) is 6.61 Å².